The molecule has 3 nitrogen and oxygen atoms in total. The highest BCUT2D eigenvalue weighted by Crippen LogP contribution is 2.32. The summed E-state index contributed by atoms with van der Waals surface area (Å²) in [5, 5.41) is 0.683. The van der Waals surface area contributed by atoms with Crippen molar-refractivity contribution in [2.75, 3.05) is 14.2 Å². The van der Waals surface area contributed by atoms with Gasteiger partial charge in [-0.2, -0.15) is 0 Å². The summed E-state index contributed by atoms with van der Waals surface area (Å²) >= 11 is 6.10. The number of halogens is 1. The molecule has 0 aliphatic heterocycles. The molecule has 0 fully saturated rings. The summed E-state index contributed by atoms with van der Waals surface area (Å²) in [6.45, 7) is 1.99. The Balaban J connectivity index is 2.44. The average Bonchev–Trinajstić information content (AvgIpc) is 2.44. The number of methoxy groups -OCH3 is 2. The van der Waals surface area contributed by atoms with Crippen molar-refractivity contribution in [1.82, 2.24) is 0 Å². The molecule has 0 amide bonds. The zero-order chi connectivity index (χ0) is 14.7. The van der Waals surface area contributed by atoms with Gasteiger partial charge in [0.15, 0.2) is 0 Å². The van der Waals surface area contributed by atoms with Crippen molar-refractivity contribution in [2.45, 2.75) is 13.0 Å². The van der Waals surface area contributed by atoms with Crippen LogP contribution in [0.25, 0.3) is 0 Å². The minimum Gasteiger partial charge on any atom is -0.497 e. The van der Waals surface area contributed by atoms with Crippen LogP contribution in [0.2, 0.25) is 5.02 Å². The zero-order valence-corrected chi connectivity index (χ0v) is 12.6. The molecule has 0 saturated carbocycles. The number of rotatable bonds is 4. The molecule has 2 aromatic rings. The van der Waals surface area contributed by atoms with Crippen LogP contribution in [0.1, 0.15) is 22.7 Å². The number of hydrogen-bond acceptors (Lipinski definition) is 3. The van der Waals surface area contributed by atoms with Gasteiger partial charge in [-0.05, 0) is 42.3 Å². The van der Waals surface area contributed by atoms with Gasteiger partial charge in [-0.1, -0.05) is 17.7 Å². The summed E-state index contributed by atoms with van der Waals surface area (Å²) in [6.07, 6.45) is 0. The second-order valence-electron chi connectivity index (χ2n) is 4.65. The van der Waals surface area contributed by atoms with Crippen molar-refractivity contribution in [3.05, 3.63) is 58.1 Å². The van der Waals surface area contributed by atoms with Gasteiger partial charge < -0.3 is 15.2 Å². The van der Waals surface area contributed by atoms with Crippen LogP contribution < -0.4 is 15.2 Å². The Kier molecular flexibility index (Phi) is 4.53. The van der Waals surface area contributed by atoms with Crippen LogP contribution in [0.4, 0.5) is 0 Å². The van der Waals surface area contributed by atoms with Gasteiger partial charge in [-0.25, -0.2) is 0 Å². The largest absolute Gasteiger partial charge is 0.497 e. The Morgan fingerprint density at radius 1 is 1.05 bits per heavy atom. The van der Waals surface area contributed by atoms with Gasteiger partial charge in [-0.3, -0.25) is 0 Å². The lowest BCUT2D eigenvalue weighted by atomic mass is 9.97. The molecule has 0 heterocycles. The van der Waals surface area contributed by atoms with Crippen LogP contribution in [-0.2, 0) is 0 Å². The van der Waals surface area contributed by atoms with E-state index in [0.717, 1.165) is 22.4 Å². The van der Waals surface area contributed by atoms with E-state index >= 15 is 0 Å². The Morgan fingerprint density at radius 3 is 2.40 bits per heavy atom. The number of hydrogen-bond donors (Lipinski definition) is 1. The molecule has 20 heavy (non-hydrogen) atoms. The first kappa shape index (κ1) is 14.7. The van der Waals surface area contributed by atoms with Crippen molar-refractivity contribution in [3.63, 3.8) is 0 Å². The highest BCUT2D eigenvalue weighted by Gasteiger charge is 2.15. The molecule has 0 aliphatic rings. The third-order valence-corrected chi connectivity index (χ3v) is 3.42. The Labute approximate surface area is 124 Å². The predicted octanol–water partition coefficient (Wildman–Crippen LogP) is 3.71. The van der Waals surface area contributed by atoms with E-state index in [2.05, 4.69) is 0 Å². The second kappa shape index (κ2) is 6.16. The molecule has 1 unspecified atom stereocenters. The molecule has 2 rings (SSSR count). The fourth-order valence-corrected chi connectivity index (χ4v) is 2.50. The van der Waals surface area contributed by atoms with Gasteiger partial charge in [0.05, 0.1) is 20.3 Å². The van der Waals surface area contributed by atoms with Crippen molar-refractivity contribution in [1.29, 1.82) is 0 Å². The molecule has 4 heteroatoms. The third kappa shape index (κ3) is 3.06. The summed E-state index contributed by atoms with van der Waals surface area (Å²) in [6, 6.07) is 11.1. The van der Waals surface area contributed by atoms with Gasteiger partial charge in [0.25, 0.3) is 0 Å². The second-order valence-corrected chi connectivity index (χ2v) is 5.08. The van der Waals surface area contributed by atoms with Gasteiger partial charge in [0.1, 0.15) is 11.5 Å². The first-order valence-corrected chi connectivity index (χ1v) is 6.67. The SMILES string of the molecule is COc1ccc(C(N)c2cc(C)cc(Cl)c2)c(OC)c1. The maximum Gasteiger partial charge on any atom is 0.127 e. The Bertz CT molecular complexity index is 593. The van der Waals surface area contributed by atoms with Gasteiger partial charge in [0, 0.05) is 16.7 Å². The average molecular weight is 292 g/mol. The first-order valence-electron chi connectivity index (χ1n) is 6.29. The zero-order valence-electron chi connectivity index (χ0n) is 11.8. The lowest BCUT2D eigenvalue weighted by Crippen LogP contribution is -2.13. The van der Waals surface area contributed by atoms with E-state index in [1.165, 1.54) is 0 Å². The summed E-state index contributed by atoms with van der Waals surface area (Å²) in [7, 11) is 3.24. The fourth-order valence-electron chi connectivity index (χ4n) is 2.20. The standard InChI is InChI=1S/C16H18ClNO2/c1-10-6-11(8-12(17)7-10)16(18)14-5-4-13(19-2)9-15(14)20-3/h4-9,16H,18H2,1-3H3. The van der Waals surface area contributed by atoms with Gasteiger partial charge >= 0.3 is 0 Å². The summed E-state index contributed by atoms with van der Waals surface area (Å²) < 4.78 is 10.6. The molecule has 0 aliphatic carbocycles. The van der Waals surface area contributed by atoms with E-state index in [1.807, 2.05) is 43.3 Å². The van der Waals surface area contributed by atoms with Crippen LogP contribution in [0, 0.1) is 6.92 Å². The van der Waals surface area contributed by atoms with Crippen LogP contribution in [-0.4, -0.2) is 14.2 Å². The molecule has 0 radical (unpaired) electrons. The number of nitrogens with two attached hydrogens (primary N) is 1. The lowest BCUT2D eigenvalue weighted by Gasteiger charge is -2.17. The predicted molar refractivity (Wildman–Crippen MR) is 81.8 cm³/mol. The Morgan fingerprint density at radius 2 is 1.80 bits per heavy atom. The maximum absolute atomic E-state index is 6.34. The molecular formula is C16H18ClNO2. The molecular weight excluding hydrogens is 274 g/mol. The lowest BCUT2D eigenvalue weighted by molar-refractivity contribution is 0.390. The monoisotopic (exact) mass is 291 g/mol. The minimum atomic E-state index is -0.298. The first-order chi connectivity index (χ1) is 9.55. The van der Waals surface area contributed by atoms with Crippen LogP contribution in [0.3, 0.4) is 0 Å². The summed E-state index contributed by atoms with van der Waals surface area (Å²) in [4.78, 5) is 0. The molecule has 0 spiro atoms. The molecule has 106 valence electrons. The van der Waals surface area contributed by atoms with Crippen LogP contribution in [0.5, 0.6) is 11.5 Å². The summed E-state index contributed by atoms with van der Waals surface area (Å²) in [5.74, 6) is 1.44. The van der Waals surface area contributed by atoms with E-state index in [9.17, 15) is 0 Å². The molecule has 2 aromatic carbocycles. The van der Waals surface area contributed by atoms with Crippen molar-refractivity contribution < 1.29 is 9.47 Å². The van der Waals surface area contributed by atoms with E-state index in [1.54, 1.807) is 14.2 Å². The third-order valence-electron chi connectivity index (χ3n) is 3.20. The fraction of sp³-hybridized carbons (Fsp3) is 0.250. The van der Waals surface area contributed by atoms with E-state index in [-0.39, 0.29) is 6.04 Å². The highest BCUT2D eigenvalue weighted by molar-refractivity contribution is 6.30. The quantitative estimate of drug-likeness (QED) is 0.934. The number of benzene rings is 2. The van der Waals surface area contributed by atoms with E-state index in [4.69, 9.17) is 26.8 Å². The van der Waals surface area contributed by atoms with Gasteiger partial charge in [0.2, 0.25) is 0 Å². The highest BCUT2D eigenvalue weighted by atomic mass is 35.5. The smallest absolute Gasteiger partial charge is 0.127 e. The van der Waals surface area contributed by atoms with Crippen LogP contribution in [0.15, 0.2) is 36.4 Å². The van der Waals surface area contributed by atoms with Crippen molar-refractivity contribution in [2.24, 2.45) is 5.73 Å². The topological polar surface area (TPSA) is 44.5 Å². The normalized spacial score (nSPS) is 12.1. The molecule has 0 aromatic heterocycles. The number of aryl methyl sites for hydroxylation is 1. The molecule has 2 N–H and O–H groups in total. The molecule has 0 bridgehead atoms. The van der Waals surface area contributed by atoms with E-state index in [0.29, 0.717) is 10.8 Å². The number of ether oxygens (including phenoxy) is 2. The van der Waals surface area contributed by atoms with Crippen LogP contribution >= 0.6 is 11.6 Å². The minimum absolute atomic E-state index is 0.298. The molecule has 1 atom stereocenters. The summed E-state index contributed by atoms with van der Waals surface area (Å²) in [5.41, 5.74) is 9.28. The Hall–Kier alpha value is -1.71. The van der Waals surface area contributed by atoms with Gasteiger partial charge in [-0.15, -0.1) is 0 Å². The van der Waals surface area contributed by atoms with Crippen molar-refractivity contribution in [3.8, 4) is 11.5 Å². The van der Waals surface area contributed by atoms with Crippen molar-refractivity contribution >= 4 is 11.6 Å². The maximum atomic E-state index is 6.34. The molecule has 0 saturated heterocycles. The van der Waals surface area contributed by atoms with E-state index < -0.39 is 0 Å².